The molecular formula is C19H27BFN3O5. The van der Waals surface area contributed by atoms with Crippen molar-refractivity contribution in [2.24, 2.45) is 5.92 Å². The van der Waals surface area contributed by atoms with Crippen LogP contribution in [-0.2, 0) is 19.1 Å². The van der Waals surface area contributed by atoms with Gasteiger partial charge in [0.15, 0.2) is 0 Å². The van der Waals surface area contributed by atoms with Gasteiger partial charge in [-0.05, 0) is 31.3 Å². The number of alkyl halides is 1. The summed E-state index contributed by atoms with van der Waals surface area (Å²) >= 11 is 0. The minimum absolute atomic E-state index is 0.105. The Balaban J connectivity index is 2.20. The molecule has 3 aliphatic rings. The quantitative estimate of drug-likeness (QED) is 0.229. The maximum Gasteiger partial charge on any atom is 0.246 e. The summed E-state index contributed by atoms with van der Waals surface area (Å²) in [7, 11) is 5.97. The van der Waals surface area contributed by atoms with Crippen LogP contribution in [0.2, 0.25) is 5.82 Å². The number of carbonyl (C=O) groups is 3. The van der Waals surface area contributed by atoms with Crippen LogP contribution in [0, 0.1) is 5.92 Å². The summed E-state index contributed by atoms with van der Waals surface area (Å²) in [6.45, 7) is -0.0369. The van der Waals surface area contributed by atoms with Gasteiger partial charge in [-0.15, -0.1) is 0 Å². The molecule has 4 atom stereocenters. The molecule has 0 aromatic heterocycles. The molecule has 29 heavy (non-hydrogen) atoms. The van der Waals surface area contributed by atoms with Crippen molar-refractivity contribution in [1.82, 2.24) is 16.1 Å². The van der Waals surface area contributed by atoms with E-state index in [4.69, 9.17) is 17.8 Å². The number of hydroxylamine groups is 1. The first-order valence-corrected chi connectivity index (χ1v) is 9.78. The van der Waals surface area contributed by atoms with Crippen LogP contribution in [0.25, 0.3) is 0 Å². The Morgan fingerprint density at radius 2 is 2.17 bits per heavy atom. The molecule has 0 spiro atoms. The lowest BCUT2D eigenvalue weighted by Gasteiger charge is -2.27. The summed E-state index contributed by atoms with van der Waals surface area (Å²) in [4.78, 5) is 37.2. The fourth-order valence-electron chi connectivity index (χ4n) is 3.31. The molecule has 1 aliphatic carbocycles. The highest BCUT2D eigenvalue weighted by molar-refractivity contribution is 6.25. The van der Waals surface area contributed by atoms with E-state index in [1.165, 1.54) is 0 Å². The van der Waals surface area contributed by atoms with E-state index >= 15 is 0 Å². The third kappa shape index (κ3) is 6.97. The highest BCUT2D eigenvalue weighted by Crippen LogP contribution is 2.24. The molecule has 4 N–H and O–H groups in total. The Bertz CT molecular complexity index is 658. The molecule has 0 aromatic carbocycles. The third-order valence-corrected chi connectivity index (χ3v) is 4.99. The Labute approximate surface area is 170 Å². The monoisotopic (exact) mass is 407 g/mol. The fraction of sp³-hybridized carbons (Fsp3) is 0.632. The summed E-state index contributed by atoms with van der Waals surface area (Å²) in [6.07, 6.45) is 7.32. The Hall–Kier alpha value is -2.20. The summed E-state index contributed by atoms with van der Waals surface area (Å²) < 4.78 is 18.1. The van der Waals surface area contributed by atoms with Gasteiger partial charge in [0.25, 0.3) is 0 Å². The van der Waals surface area contributed by atoms with Crippen molar-refractivity contribution in [3.8, 4) is 0 Å². The maximum absolute atomic E-state index is 12.7. The predicted octanol–water partition coefficient (Wildman–Crippen LogP) is 0.481. The molecule has 0 saturated heterocycles. The first-order valence-electron chi connectivity index (χ1n) is 9.78. The van der Waals surface area contributed by atoms with E-state index in [9.17, 15) is 18.8 Å². The van der Waals surface area contributed by atoms with E-state index in [-0.39, 0.29) is 31.9 Å². The first kappa shape index (κ1) is 23.1. The number of hydrogen-bond donors (Lipinski definition) is 4. The minimum atomic E-state index is -1.26. The Morgan fingerprint density at radius 3 is 2.83 bits per heavy atom. The lowest BCUT2D eigenvalue weighted by Crippen LogP contribution is -2.49. The molecule has 0 fully saturated rings. The summed E-state index contributed by atoms with van der Waals surface area (Å²) in [6, 6.07) is -0.928. The van der Waals surface area contributed by atoms with Crippen LogP contribution in [0.5, 0.6) is 0 Å². The van der Waals surface area contributed by atoms with Crippen molar-refractivity contribution in [3.05, 3.63) is 23.8 Å². The number of ether oxygens (including phenoxy) is 1. The van der Waals surface area contributed by atoms with Crippen LogP contribution in [0.3, 0.4) is 0 Å². The maximum atomic E-state index is 12.7. The van der Waals surface area contributed by atoms with Crippen LogP contribution in [0.15, 0.2) is 23.8 Å². The van der Waals surface area contributed by atoms with Gasteiger partial charge in [-0.25, -0.2) is 5.48 Å². The van der Waals surface area contributed by atoms with E-state index in [1.807, 2.05) is 18.2 Å². The number of rotatable bonds is 5. The SMILES string of the molecule is [B][C@H]1C(=O)N[C@H](C(=O)NCCCF)CC2=CCC(C=C2)OCCC[C@@H]1C(=O)NO. The predicted molar refractivity (Wildman–Crippen MR) is 104 cm³/mol. The Kier molecular flexibility index (Phi) is 9.33. The summed E-state index contributed by atoms with van der Waals surface area (Å²) in [5.74, 6) is -4.14. The number of halogens is 1. The zero-order valence-corrected chi connectivity index (χ0v) is 16.2. The lowest BCUT2D eigenvalue weighted by atomic mass is 9.73. The molecule has 0 saturated carbocycles. The number of amides is 3. The molecule has 0 aromatic rings. The number of fused-ring (bicyclic) bond motifs is 10. The van der Waals surface area contributed by atoms with Crippen LogP contribution < -0.4 is 16.1 Å². The van der Waals surface area contributed by atoms with Gasteiger partial charge in [-0.1, -0.05) is 18.2 Å². The number of allylic oxidation sites excluding steroid dienone is 1. The van der Waals surface area contributed by atoms with Gasteiger partial charge in [0.05, 0.1) is 20.6 Å². The number of carbonyl (C=O) groups excluding carboxylic acids is 3. The molecule has 2 bridgehead atoms. The van der Waals surface area contributed by atoms with Crippen molar-refractivity contribution >= 4 is 25.6 Å². The van der Waals surface area contributed by atoms with Gasteiger partial charge < -0.3 is 15.4 Å². The van der Waals surface area contributed by atoms with Gasteiger partial charge >= 0.3 is 0 Å². The van der Waals surface area contributed by atoms with Crippen molar-refractivity contribution in [2.45, 2.75) is 50.1 Å². The zero-order valence-electron chi connectivity index (χ0n) is 16.2. The first-order chi connectivity index (χ1) is 14.0. The molecular weight excluding hydrogens is 380 g/mol. The van der Waals surface area contributed by atoms with Gasteiger partial charge in [0, 0.05) is 31.3 Å². The molecule has 3 amide bonds. The molecule has 2 heterocycles. The van der Waals surface area contributed by atoms with E-state index in [1.54, 1.807) is 5.48 Å². The van der Waals surface area contributed by atoms with E-state index in [2.05, 4.69) is 10.6 Å². The van der Waals surface area contributed by atoms with E-state index in [0.717, 1.165) is 5.57 Å². The van der Waals surface area contributed by atoms with Crippen LogP contribution in [0.1, 0.15) is 32.1 Å². The molecule has 8 nitrogen and oxygen atoms in total. The van der Waals surface area contributed by atoms with E-state index in [0.29, 0.717) is 19.4 Å². The largest absolute Gasteiger partial charge is 0.374 e. The standard InChI is InChI=1S/C19H27BFN3O5/c20-16-14(17(25)24-28)3-1-10-29-13-6-4-12(5-7-13)11-15(23-19(16)27)18(26)22-9-2-8-21/h4-6,13-16,28H,1-3,7-11H2,(H,22,26)(H,23,27)(H,24,25)/t13?,14-,15-,16+/m0/s1. The third-order valence-electron chi connectivity index (χ3n) is 4.99. The zero-order chi connectivity index (χ0) is 21.2. The highest BCUT2D eigenvalue weighted by atomic mass is 19.1. The average molecular weight is 407 g/mol. The highest BCUT2D eigenvalue weighted by Gasteiger charge is 2.32. The summed E-state index contributed by atoms with van der Waals surface area (Å²) in [5.41, 5.74) is 2.39. The van der Waals surface area contributed by atoms with Gasteiger partial charge in [-0.3, -0.25) is 24.0 Å². The van der Waals surface area contributed by atoms with Crippen LogP contribution in [-0.4, -0.2) is 62.7 Å². The molecule has 2 radical (unpaired) electrons. The second-order valence-corrected chi connectivity index (χ2v) is 7.13. The molecule has 158 valence electrons. The molecule has 10 heteroatoms. The minimum Gasteiger partial charge on any atom is -0.374 e. The molecule has 3 rings (SSSR count). The van der Waals surface area contributed by atoms with Crippen LogP contribution >= 0.6 is 0 Å². The normalized spacial score (nSPS) is 28.1. The molecule has 2 aliphatic heterocycles. The summed E-state index contributed by atoms with van der Waals surface area (Å²) in [5, 5.41) is 14.2. The van der Waals surface area contributed by atoms with Gasteiger partial charge in [-0.2, -0.15) is 0 Å². The fourth-order valence-corrected chi connectivity index (χ4v) is 3.31. The number of nitrogens with one attached hydrogen (secondary N) is 3. The van der Waals surface area contributed by atoms with Crippen molar-refractivity contribution in [3.63, 3.8) is 0 Å². The topological polar surface area (TPSA) is 117 Å². The smallest absolute Gasteiger partial charge is 0.246 e. The second kappa shape index (κ2) is 11.7. The van der Waals surface area contributed by atoms with E-state index < -0.39 is 42.2 Å². The average Bonchev–Trinajstić information content (AvgIpc) is 2.73. The lowest BCUT2D eigenvalue weighted by molar-refractivity contribution is -0.137. The van der Waals surface area contributed by atoms with Gasteiger partial charge in [0.2, 0.25) is 17.7 Å². The van der Waals surface area contributed by atoms with Gasteiger partial charge in [0.1, 0.15) is 6.04 Å². The van der Waals surface area contributed by atoms with Crippen LogP contribution in [0.4, 0.5) is 4.39 Å². The van der Waals surface area contributed by atoms with Crippen molar-refractivity contribution in [1.29, 1.82) is 0 Å². The van der Waals surface area contributed by atoms with Crippen molar-refractivity contribution < 1.29 is 28.7 Å². The second-order valence-electron chi connectivity index (χ2n) is 7.13. The molecule has 1 unspecified atom stereocenters. The van der Waals surface area contributed by atoms with Crippen molar-refractivity contribution in [2.75, 3.05) is 19.8 Å². The Morgan fingerprint density at radius 1 is 1.38 bits per heavy atom. The number of hydrogen-bond acceptors (Lipinski definition) is 5.